The second kappa shape index (κ2) is 7.79. The van der Waals surface area contributed by atoms with Gasteiger partial charge in [-0.2, -0.15) is 0 Å². The lowest BCUT2D eigenvalue weighted by Crippen LogP contribution is -2.10. The second-order valence-corrected chi connectivity index (χ2v) is 5.90. The fourth-order valence-corrected chi connectivity index (χ4v) is 2.63. The Labute approximate surface area is 148 Å². The first-order chi connectivity index (χ1) is 11.7. The predicted molar refractivity (Wildman–Crippen MR) is 96.3 cm³/mol. The van der Waals surface area contributed by atoms with Gasteiger partial charge in [0.05, 0.1) is 0 Å². The summed E-state index contributed by atoms with van der Waals surface area (Å²) in [5.41, 5.74) is 1.84. The SMILES string of the molecule is O=C(/C=C/c1ccc(Br)o1)OC(c1ccccc1)c1ccccc1. The highest BCUT2D eigenvalue weighted by atomic mass is 79.9. The zero-order valence-corrected chi connectivity index (χ0v) is 14.3. The minimum absolute atomic E-state index is 0.430. The average molecular weight is 383 g/mol. The van der Waals surface area contributed by atoms with Crippen LogP contribution in [0, 0.1) is 0 Å². The van der Waals surface area contributed by atoms with Crippen LogP contribution in [0.5, 0.6) is 0 Å². The van der Waals surface area contributed by atoms with Gasteiger partial charge >= 0.3 is 5.97 Å². The molecule has 0 N–H and O–H groups in total. The third-order valence-electron chi connectivity index (χ3n) is 3.42. The molecule has 24 heavy (non-hydrogen) atoms. The molecule has 0 aliphatic rings. The summed E-state index contributed by atoms with van der Waals surface area (Å²) < 4.78 is 11.6. The molecule has 0 unspecified atom stereocenters. The van der Waals surface area contributed by atoms with Crippen LogP contribution in [0.2, 0.25) is 0 Å². The van der Waals surface area contributed by atoms with E-state index in [1.54, 1.807) is 18.2 Å². The molecule has 3 aromatic rings. The van der Waals surface area contributed by atoms with E-state index in [9.17, 15) is 4.79 Å². The van der Waals surface area contributed by atoms with E-state index in [0.717, 1.165) is 11.1 Å². The maximum Gasteiger partial charge on any atom is 0.331 e. The Kier molecular flexibility index (Phi) is 5.29. The monoisotopic (exact) mass is 382 g/mol. The Hall–Kier alpha value is -2.59. The normalized spacial score (nSPS) is 11.1. The van der Waals surface area contributed by atoms with Gasteiger partial charge in [-0.3, -0.25) is 0 Å². The van der Waals surface area contributed by atoms with Gasteiger partial charge in [0, 0.05) is 6.08 Å². The molecule has 0 amide bonds. The molecule has 1 aromatic heterocycles. The Morgan fingerprint density at radius 1 is 0.917 bits per heavy atom. The molecular formula is C20H15BrO3. The molecule has 3 nitrogen and oxygen atoms in total. The molecule has 0 radical (unpaired) electrons. The van der Waals surface area contributed by atoms with E-state index in [4.69, 9.17) is 9.15 Å². The van der Waals surface area contributed by atoms with Crippen LogP contribution in [0.1, 0.15) is 23.0 Å². The number of esters is 1. The summed E-state index contributed by atoms with van der Waals surface area (Å²) in [5, 5.41) is 0. The highest BCUT2D eigenvalue weighted by molar-refractivity contribution is 9.10. The molecule has 0 fully saturated rings. The summed E-state index contributed by atoms with van der Waals surface area (Å²) in [5.74, 6) is 0.148. The number of hydrogen-bond donors (Lipinski definition) is 0. The van der Waals surface area contributed by atoms with E-state index in [1.807, 2.05) is 60.7 Å². The third-order valence-corrected chi connectivity index (χ3v) is 3.84. The number of halogens is 1. The first-order valence-corrected chi connectivity index (χ1v) is 8.25. The maximum absolute atomic E-state index is 12.2. The van der Waals surface area contributed by atoms with Crippen LogP contribution in [0.25, 0.3) is 6.08 Å². The van der Waals surface area contributed by atoms with Crippen LogP contribution >= 0.6 is 15.9 Å². The first-order valence-electron chi connectivity index (χ1n) is 7.46. The smallest absolute Gasteiger partial charge is 0.331 e. The number of furan rings is 1. The Morgan fingerprint density at radius 3 is 2.00 bits per heavy atom. The second-order valence-electron chi connectivity index (χ2n) is 5.11. The van der Waals surface area contributed by atoms with E-state index in [-0.39, 0.29) is 0 Å². The van der Waals surface area contributed by atoms with Crippen molar-refractivity contribution in [1.82, 2.24) is 0 Å². The van der Waals surface area contributed by atoms with E-state index in [0.29, 0.717) is 10.4 Å². The largest absolute Gasteiger partial charge is 0.450 e. The fraction of sp³-hybridized carbons (Fsp3) is 0.0500. The lowest BCUT2D eigenvalue weighted by atomic mass is 10.0. The minimum atomic E-state index is -0.451. The summed E-state index contributed by atoms with van der Waals surface area (Å²) in [6, 6.07) is 22.9. The van der Waals surface area contributed by atoms with Crippen LogP contribution < -0.4 is 0 Å². The van der Waals surface area contributed by atoms with E-state index >= 15 is 0 Å². The van der Waals surface area contributed by atoms with Crippen molar-refractivity contribution >= 4 is 28.0 Å². The Balaban J connectivity index is 1.79. The molecule has 0 spiro atoms. The summed E-state index contributed by atoms with van der Waals surface area (Å²) in [6.45, 7) is 0. The van der Waals surface area contributed by atoms with Gasteiger partial charge < -0.3 is 9.15 Å². The van der Waals surface area contributed by atoms with Crippen molar-refractivity contribution in [1.29, 1.82) is 0 Å². The van der Waals surface area contributed by atoms with Crippen molar-refractivity contribution in [3.05, 3.63) is 100 Å². The van der Waals surface area contributed by atoms with Crippen LogP contribution in [-0.2, 0) is 9.53 Å². The van der Waals surface area contributed by atoms with Crippen molar-refractivity contribution in [2.45, 2.75) is 6.10 Å². The standard InChI is InChI=1S/C20H15BrO3/c21-18-13-11-17(23-18)12-14-19(22)24-20(15-7-3-1-4-8-15)16-9-5-2-6-10-16/h1-14,20H/b14-12+. The molecular weight excluding hydrogens is 368 g/mol. The molecule has 120 valence electrons. The first kappa shape index (κ1) is 16.3. The zero-order chi connectivity index (χ0) is 16.8. The highest BCUT2D eigenvalue weighted by Crippen LogP contribution is 2.26. The van der Waals surface area contributed by atoms with Gasteiger partial charge in [0.15, 0.2) is 10.8 Å². The van der Waals surface area contributed by atoms with E-state index < -0.39 is 12.1 Å². The molecule has 3 rings (SSSR count). The molecule has 2 aromatic carbocycles. The van der Waals surface area contributed by atoms with Crippen molar-refractivity contribution in [2.75, 3.05) is 0 Å². The topological polar surface area (TPSA) is 39.4 Å². The maximum atomic E-state index is 12.2. The minimum Gasteiger partial charge on any atom is -0.450 e. The van der Waals surface area contributed by atoms with Gasteiger partial charge in [0.25, 0.3) is 0 Å². The molecule has 4 heteroatoms. The average Bonchev–Trinajstić information content (AvgIpc) is 3.05. The third kappa shape index (κ3) is 4.24. The van der Waals surface area contributed by atoms with Gasteiger partial charge in [-0.05, 0) is 45.3 Å². The van der Waals surface area contributed by atoms with Crippen LogP contribution in [0.3, 0.4) is 0 Å². The summed E-state index contributed by atoms with van der Waals surface area (Å²) in [4.78, 5) is 12.2. The highest BCUT2D eigenvalue weighted by Gasteiger charge is 2.17. The van der Waals surface area contributed by atoms with Gasteiger partial charge in [-0.1, -0.05) is 60.7 Å². The number of benzene rings is 2. The van der Waals surface area contributed by atoms with E-state index in [2.05, 4.69) is 15.9 Å². The molecule has 0 atom stereocenters. The molecule has 0 bridgehead atoms. The Morgan fingerprint density at radius 2 is 1.50 bits per heavy atom. The van der Waals surface area contributed by atoms with Crippen molar-refractivity contribution in [2.24, 2.45) is 0 Å². The summed E-state index contributed by atoms with van der Waals surface area (Å²) in [7, 11) is 0. The lowest BCUT2D eigenvalue weighted by Gasteiger charge is -2.17. The Bertz CT molecular complexity index is 783. The molecule has 0 aliphatic carbocycles. The lowest BCUT2D eigenvalue weighted by molar-refractivity contribution is -0.141. The number of hydrogen-bond acceptors (Lipinski definition) is 3. The van der Waals surface area contributed by atoms with Gasteiger partial charge in [0.1, 0.15) is 5.76 Å². The fourth-order valence-electron chi connectivity index (χ4n) is 2.31. The zero-order valence-electron chi connectivity index (χ0n) is 12.8. The van der Waals surface area contributed by atoms with Crippen molar-refractivity contribution < 1.29 is 13.9 Å². The van der Waals surface area contributed by atoms with Crippen molar-refractivity contribution in [3.8, 4) is 0 Å². The quantitative estimate of drug-likeness (QED) is 0.438. The molecule has 0 aliphatic heterocycles. The molecule has 1 heterocycles. The summed E-state index contributed by atoms with van der Waals surface area (Å²) >= 11 is 3.22. The molecule has 0 saturated carbocycles. The van der Waals surface area contributed by atoms with E-state index in [1.165, 1.54) is 6.08 Å². The van der Waals surface area contributed by atoms with Gasteiger partial charge in [0.2, 0.25) is 0 Å². The summed E-state index contributed by atoms with van der Waals surface area (Å²) in [6.07, 6.45) is 2.50. The number of carbonyl (C=O) groups excluding carboxylic acids is 1. The number of ether oxygens (including phenoxy) is 1. The van der Waals surface area contributed by atoms with Gasteiger partial charge in [-0.15, -0.1) is 0 Å². The van der Waals surface area contributed by atoms with Crippen LogP contribution in [0.4, 0.5) is 0 Å². The van der Waals surface area contributed by atoms with Crippen LogP contribution in [0.15, 0.2) is 88.0 Å². The van der Waals surface area contributed by atoms with Crippen LogP contribution in [-0.4, -0.2) is 5.97 Å². The van der Waals surface area contributed by atoms with Gasteiger partial charge in [-0.25, -0.2) is 4.79 Å². The predicted octanol–water partition coefficient (Wildman–Crippen LogP) is 5.39. The molecule has 0 saturated heterocycles. The number of carbonyl (C=O) groups is 1. The van der Waals surface area contributed by atoms with Crippen molar-refractivity contribution in [3.63, 3.8) is 0 Å². The number of rotatable bonds is 5.